The Kier molecular flexibility index (Phi) is 2.18. The van der Waals surface area contributed by atoms with Crippen molar-refractivity contribution in [1.82, 2.24) is 0 Å². The third-order valence-corrected chi connectivity index (χ3v) is 1.75. The summed E-state index contributed by atoms with van der Waals surface area (Å²) in [7, 11) is 0. The molecule has 1 aliphatic rings. The van der Waals surface area contributed by atoms with Crippen LogP contribution in [0.4, 0.5) is 0 Å². The van der Waals surface area contributed by atoms with Gasteiger partial charge in [-0.2, -0.15) is 15.8 Å². The lowest BCUT2D eigenvalue weighted by Gasteiger charge is -1.90. The fourth-order valence-electron chi connectivity index (χ4n) is 1.11. The largest absolute Gasteiger partial charge is 0.397 e. The van der Waals surface area contributed by atoms with E-state index in [9.17, 15) is 0 Å². The minimum absolute atomic E-state index is 0.0101. The van der Waals surface area contributed by atoms with E-state index < -0.39 is 0 Å². The van der Waals surface area contributed by atoms with Crippen molar-refractivity contribution >= 4 is 5.87 Å². The van der Waals surface area contributed by atoms with E-state index >= 15 is 0 Å². The molecule has 0 atom stereocenters. The Bertz CT molecular complexity index is 535. The van der Waals surface area contributed by atoms with Crippen LogP contribution >= 0.6 is 0 Å². The van der Waals surface area contributed by atoms with Crippen molar-refractivity contribution < 1.29 is 0 Å². The van der Waals surface area contributed by atoms with Gasteiger partial charge < -0.3 is 5.73 Å². The van der Waals surface area contributed by atoms with E-state index in [1.807, 2.05) is 5.87 Å². The van der Waals surface area contributed by atoms with Crippen LogP contribution in [0.25, 0.3) is 0 Å². The summed E-state index contributed by atoms with van der Waals surface area (Å²) in [5.41, 5.74) is 5.24. The third-order valence-electron chi connectivity index (χ3n) is 1.75. The molecule has 64 valence electrons. The Labute approximate surface area is 79.8 Å². The summed E-state index contributed by atoms with van der Waals surface area (Å²) >= 11 is 0. The molecule has 0 spiro atoms. The van der Waals surface area contributed by atoms with E-state index in [1.54, 1.807) is 18.2 Å². The Morgan fingerprint density at radius 2 is 1.43 bits per heavy atom. The molecule has 0 aromatic rings. The van der Waals surface area contributed by atoms with Crippen LogP contribution in [-0.4, -0.2) is 5.87 Å². The highest BCUT2D eigenvalue weighted by Gasteiger charge is 2.28. The van der Waals surface area contributed by atoms with Crippen molar-refractivity contribution in [2.24, 2.45) is 5.73 Å². The van der Waals surface area contributed by atoms with E-state index in [2.05, 4.69) is 0 Å². The van der Waals surface area contributed by atoms with Crippen LogP contribution in [0.1, 0.15) is 0 Å². The molecule has 0 saturated heterocycles. The van der Waals surface area contributed by atoms with Gasteiger partial charge >= 0.3 is 0 Å². The molecule has 0 fully saturated rings. The average Bonchev–Trinajstić information content (AvgIpc) is 2.48. The topological polar surface area (TPSA) is 121 Å². The molecule has 0 bridgehead atoms. The predicted octanol–water partition coefficient (Wildman–Crippen LogP) is 0.255. The zero-order valence-electron chi connectivity index (χ0n) is 6.92. The SMILES string of the molecule is N#CC1=C(N)C(C#N)=C(C#N)C1=C=N. The molecule has 3 N–H and O–H groups in total. The van der Waals surface area contributed by atoms with E-state index in [0.717, 1.165) is 0 Å². The summed E-state index contributed by atoms with van der Waals surface area (Å²) in [6.45, 7) is 0. The van der Waals surface area contributed by atoms with Gasteiger partial charge in [-0.25, -0.2) is 0 Å². The number of nitriles is 3. The maximum atomic E-state index is 8.71. The summed E-state index contributed by atoms with van der Waals surface area (Å²) in [5, 5.41) is 33.0. The van der Waals surface area contributed by atoms with E-state index in [-0.39, 0.29) is 28.0 Å². The van der Waals surface area contributed by atoms with Crippen LogP contribution in [0.5, 0.6) is 0 Å². The highest BCUT2D eigenvalue weighted by atomic mass is 14.6. The smallest absolute Gasteiger partial charge is 0.103 e. The third kappa shape index (κ3) is 0.974. The Morgan fingerprint density at radius 3 is 1.79 bits per heavy atom. The Hall–Kier alpha value is -2.80. The predicted molar refractivity (Wildman–Crippen MR) is 46.3 cm³/mol. The maximum Gasteiger partial charge on any atom is 0.103 e. The molecule has 1 aliphatic carbocycles. The van der Waals surface area contributed by atoms with Crippen molar-refractivity contribution in [1.29, 1.82) is 21.2 Å². The second-order valence-electron chi connectivity index (χ2n) is 2.37. The fraction of sp³-hybridized carbons (Fsp3) is 0. The lowest BCUT2D eigenvalue weighted by Crippen LogP contribution is -1.99. The zero-order chi connectivity index (χ0) is 10.7. The van der Waals surface area contributed by atoms with Gasteiger partial charge in [0.1, 0.15) is 18.2 Å². The first-order chi connectivity index (χ1) is 6.71. The molecular formula is C9H3N5. The van der Waals surface area contributed by atoms with Gasteiger partial charge in [-0.3, -0.25) is 5.41 Å². The zero-order valence-corrected chi connectivity index (χ0v) is 6.92. The number of nitrogens with two attached hydrogens (primary N) is 1. The first kappa shape index (κ1) is 9.29. The number of allylic oxidation sites excluding steroid dienone is 4. The van der Waals surface area contributed by atoms with Crippen molar-refractivity contribution in [3.8, 4) is 18.2 Å². The number of hydrogen-bond acceptors (Lipinski definition) is 5. The molecule has 1 rings (SSSR count). The first-order valence-electron chi connectivity index (χ1n) is 3.46. The molecular weight excluding hydrogens is 178 g/mol. The second kappa shape index (κ2) is 3.29. The lowest BCUT2D eigenvalue weighted by molar-refractivity contribution is 1.33. The van der Waals surface area contributed by atoms with Gasteiger partial charge in [0.2, 0.25) is 0 Å². The molecule has 14 heavy (non-hydrogen) atoms. The average molecular weight is 181 g/mol. The normalized spacial score (nSPS) is 14.5. The van der Waals surface area contributed by atoms with Crippen molar-refractivity contribution in [2.45, 2.75) is 0 Å². The molecule has 0 unspecified atom stereocenters. The highest BCUT2D eigenvalue weighted by molar-refractivity contribution is 5.84. The van der Waals surface area contributed by atoms with Gasteiger partial charge in [0.25, 0.3) is 0 Å². The van der Waals surface area contributed by atoms with Gasteiger partial charge in [-0.1, -0.05) is 0 Å². The van der Waals surface area contributed by atoms with Crippen LogP contribution < -0.4 is 5.73 Å². The molecule has 0 radical (unpaired) electrons. The lowest BCUT2D eigenvalue weighted by atomic mass is 10.1. The summed E-state index contributed by atoms with van der Waals surface area (Å²) in [6.07, 6.45) is 0. The molecule has 0 aromatic heterocycles. The van der Waals surface area contributed by atoms with Gasteiger partial charge in [0.15, 0.2) is 0 Å². The number of nitrogens with zero attached hydrogens (tertiary/aromatic N) is 3. The number of nitrogens with one attached hydrogen (secondary N) is 1. The van der Waals surface area contributed by atoms with Crippen molar-refractivity contribution in [3.05, 3.63) is 28.0 Å². The summed E-state index contributed by atoms with van der Waals surface area (Å²) < 4.78 is 0. The van der Waals surface area contributed by atoms with Crippen LogP contribution in [0.2, 0.25) is 0 Å². The Balaban J connectivity index is 3.64. The Morgan fingerprint density at radius 1 is 0.929 bits per heavy atom. The van der Waals surface area contributed by atoms with Gasteiger partial charge in [-0.05, 0) is 5.87 Å². The molecule has 0 saturated carbocycles. The first-order valence-corrected chi connectivity index (χ1v) is 3.46. The molecule has 5 nitrogen and oxygen atoms in total. The van der Waals surface area contributed by atoms with Crippen LogP contribution in [0, 0.1) is 39.4 Å². The summed E-state index contributed by atoms with van der Waals surface area (Å²) in [6, 6.07) is 5.18. The molecule has 0 aliphatic heterocycles. The summed E-state index contributed by atoms with van der Waals surface area (Å²) in [5.74, 6) is 1.94. The van der Waals surface area contributed by atoms with Crippen molar-refractivity contribution in [3.63, 3.8) is 0 Å². The molecule has 5 heteroatoms. The fourth-order valence-corrected chi connectivity index (χ4v) is 1.11. The van der Waals surface area contributed by atoms with E-state index in [4.69, 9.17) is 26.9 Å². The monoisotopic (exact) mass is 181 g/mol. The minimum Gasteiger partial charge on any atom is -0.397 e. The minimum atomic E-state index is -0.0587. The van der Waals surface area contributed by atoms with Crippen LogP contribution in [0.15, 0.2) is 28.0 Å². The number of hydrogen-bond donors (Lipinski definition) is 2. The second-order valence-corrected chi connectivity index (χ2v) is 2.37. The number of rotatable bonds is 0. The van der Waals surface area contributed by atoms with E-state index in [1.165, 1.54) is 0 Å². The quantitative estimate of drug-likeness (QED) is 0.520. The van der Waals surface area contributed by atoms with Gasteiger partial charge in [0, 0.05) is 0 Å². The molecule has 0 heterocycles. The standard InChI is InChI=1S/C9H3N5/c10-1-5-6(2-11)8(4-13)9(14)7(5)3-12/h10H,14H2. The van der Waals surface area contributed by atoms with Gasteiger partial charge in [0.05, 0.1) is 28.0 Å². The van der Waals surface area contributed by atoms with Crippen LogP contribution in [0.3, 0.4) is 0 Å². The van der Waals surface area contributed by atoms with Crippen LogP contribution in [-0.2, 0) is 0 Å². The molecule has 0 amide bonds. The van der Waals surface area contributed by atoms with Gasteiger partial charge in [-0.15, -0.1) is 0 Å². The summed E-state index contributed by atoms with van der Waals surface area (Å²) in [4.78, 5) is 0. The maximum absolute atomic E-state index is 8.71. The van der Waals surface area contributed by atoms with Crippen molar-refractivity contribution in [2.75, 3.05) is 0 Å². The van der Waals surface area contributed by atoms with E-state index in [0.29, 0.717) is 0 Å². The molecule has 0 aromatic carbocycles. The highest BCUT2D eigenvalue weighted by Crippen LogP contribution is 2.31.